The number of aliphatic hydroxyl groups is 2. The molecule has 0 saturated heterocycles. The molecule has 3 aromatic heterocycles. The third-order valence-electron chi connectivity index (χ3n) is 5.84. The number of primary amides is 1. The van der Waals surface area contributed by atoms with Crippen LogP contribution in [0.2, 0.25) is 0 Å². The largest absolute Gasteiger partial charge is 0.389 e. The predicted octanol–water partition coefficient (Wildman–Crippen LogP) is 4.71. The number of carbonyl (C=O) groups excluding carboxylic acids is 1. The number of rotatable bonds is 9. The number of benzene rings is 1. The third kappa shape index (κ3) is 5.72. The molecule has 1 aromatic carbocycles. The van der Waals surface area contributed by atoms with Crippen molar-refractivity contribution in [2.24, 2.45) is 5.73 Å². The van der Waals surface area contributed by atoms with Crippen LogP contribution in [0.3, 0.4) is 0 Å². The molecule has 1 unspecified atom stereocenters. The van der Waals surface area contributed by atoms with Crippen LogP contribution >= 0.6 is 11.3 Å². The van der Waals surface area contributed by atoms with Gasteiger partial charge in [-0.25, -0.2) is 18.4 Å². The van der Waals surface area contributed by atoms with E-state index in [9.17, 15) is 23.8 Å². The Morgan fingerprint density at radius 1 is 1.24 bits per heavy atom. The average molecular weight is 543 g/mol. The van der Waals surface area contributed by atoms with E-state index in [0.29, 0.717) is 23.6 Å². The van der Waals surface area contributed by atoms with Crippen molar-refractivity contribution in [2.75, 3.05) is 5.32 Å². The lowest BCUT2D eigenvalue weighted by molar-refractivity contribution is 0.0576. The summed E-state index contributed by atoms with van der Waals surface area (Å²) >= 11 is 0.954. The molecule has 0 bridgehead atoms. The van der Waals surface area contributed by atoms with Crippen LogP contribution in [-0.2, 0) is 6.54 Å². The van der Waals surface area contributed by atoms with Gasteiger partial charge in [0.25, 0.3) is 5.91 Å². The van der Waals surface area contributed by atoms with Crippen molar-refractivity contribution in [3.05, 3.63) is 65.0 Å². The highest BCUT2D eigenvalue weighted by molar-refractivity contribution is 7.20. The smallest absolute Gasteiger partial charge is 0.251 e. The normalized spacial score (nSPS) is 12.5. The third-order valence-corrected chi connectivity index (χ3v) is 6.91. The van der Waals surface area contributed by atoms with Gasteiger partial charge in [-0.1, -0.05) is 12.1 Å². The number of hydrogen-bond acceptors (Lipinski definition) is 8. The predicted molar refractivity (Wildman–Crippen MR) is 141 cm³/mol. The summed E-state index contributed by atoms with van der Waals surface area (Å²) in [4.78, 5) is 16.9. The van der Waals surface area contributed by atoms with Gasteiger partial charge in [0.05, 0.1) is 41.3 Å². The standard InChI is InChI=1S/C26H28F2N6O3S/c1-5-20(35)14-8-17(27)23(18(28)9-14)21-10-16(24(29)36)25(38-21)32-22-7-6-15(13(2)31-22)19-11-30-33-34(19)12-26(3,4)37/h6-11,20,35,37H,5,12H2,1-4H3,(H2,29,36)(H,31,32). The maximum Gasteiger partial charge on any atom is 0.251 e. The lowest BCUT2D eigenvalue weighted by Gasteiger charge is -2.18. The number of aromatic nitrogens is 4. The van der Waals surface area contributed by atoms with E-state index in [4.69, 9.17) is 5.73 Å². The molecular formula is C26H28F2N6O3S. The van der Waals surface area contributed by atoms with Crippen LogP contribution in [0.4, 0.5) is 19.6 Å². The van der Waals surface area contributed by atoms with Gasteiger partial charge in [-0.3, -0.25) is 4.79 Å². The molecule has 0 saturated carbocycles. The molecule has 1 amide bonds. The van der Waals surface area contributed by atoms with E-state index in [1.165, 1.54) is 6.07 Å². The number of amides is 1. The maximum absolute atomic E-state index is 14.9. The Balaban J connectivity index is 1.67. The van der Waals surface area contributed by atoms with E-state index < -0.39 is 29.2 Å². The summed E-state index contributed by atoms with van der Waals surface area (Å²) in [6.45, 7) is 7.06. The Morgan fingerprint density at radius 3 is 2.50 bits per heavy atom. The van der Waals surface area contributed by atoms with Gasteiger partial charge in [-0.05, 0) is 63.1 Å². The Labute approximate surface area is 222 Å². The molecule has 4 rings (SSSR count). The Morgan fingerprint density at radius 2 is 1.92 bits per heavy atom. The van der Waals surface area contributed by atoms with Crippen LogP contribution in [0.1, 0.15) is 54.9 Å². The molecule has 0 radical (unpaired) electrons. The Bertz CT molecular complexity index is 1470. The first-order chi connectivity index (χ1) is 17.9. The van der Waals surface area contributed by atoms with E-state index in [0.717, 1.165) is 29.0 Å². The highest BCUT2D eigenvalue weighted by atomic mass is 32.1. The SMILES string of the molecule is CCC(O)c1cc(F)c(-c2cc(C(N)=O)c(Nc3ccc(-c4cnnn4CC(C)(C)O)c(C)n3)s2)c(F)c1. The zero-order chi connectivity index (χ0) is 27.8. The van der Waals surface area contributed by atoms with Gasteiger partial charge in [-0.2, -0.15) is 0 Å². The lowest BCUT2D eigenvalue weighted by atomic mass is 10.0. The summed E-state index contributed by atoms with van der Waals surface area (Å²) in [5.74, 6) is -2.10. The number of aryl methyl sites for hydroxylation is 1. The minimum Gasteiger partial charge on any atom is -0.389 e. The first-order valence-corrected chi connectivity index (χ1v) is 12.7. The molecule has 200 valence electrons. The van der Waals surface area contributed by atoms with Gasteiger partial charge in [-0.15, -0.1) is 16.4 Å². The topological polar surface area (TPSA) is 139 Å². The minimum absolute atomic E-state index is 0.0532. The summed E-state index contributed by atoms with van der Waals surface area (Å²) < 4.78 is 31.4. The van der Waals surface area contributed by atoms with E-state index in [2.05, 4.69) is 20.6 Å². The summed E-state index contributed by atoms with van der Waals surface area (Å²) in [6.07, 6.45) is 0.894. The molecule has 0 spiro atoms. The van der Waals surface area contributed by atoms with E-state index >= 15 is 0 Å². The molecule has 1 atom stereocenters. The average Bonchev–Trinajstić information content (AvgIpc) is 3.44. The van der Waals surface area contributed by atoms with Crippen molar-refractivity contribution >= 4 is 28.1 Å². The van der Waals surface area contributed by atoms with Crippen molar-refractivity contribution in [1.82, 2.24) is 20.0 Å². The van der Waals surface area contributed by atoms with Crippen molar-refractivity contribution in [2.45, 2.75) is 52.4 Å². The van der Waals surface area contributed by atoms with Crippen LogP contribution in [0.5, 0.6) is 0 Å². The molecule has 38 heavy (non-hydrogen) atoms. The van der Waals surface area contributed by atoms with E-state index in [1.807, 2.05) is 0 Å². The van der Waals surface area contributed by atoms with Gasteiger partial charge < -0.3 is 21.3 Å². The van der Waals surface area contributed by atoms with Crippen molar-refractivity contribution in [3.8, 4) is 21.7 Å². The van der Waals surface area contributed by atoms with Crippen LogP contribution in [0, 0.1) is 18.6 Å². The molecule has 0 fully saturated rings. The molecule has 12 heteroatoms. The van der Waals surface area contributed by atoms with Gasteiger partial charge in [0.2, 0.25) is 0 Å². The highest BCUT2D eigenvalue weighted by Crippen LogP contribution is 2.40. The number of anilines is 2. The molecule has 5 N–H and O–H groups in total. The van der Waals surface area contributed by atoms with E-state index in [1.54, 1.807) is 50.7 Å². The second-order valence-electron chi connectivity index (χ2n) is 9.55. The monoisotopic (exact) mass is 542 g/mol. The molecule has 4 aromatic rings. The van der Waals surface area contributed by atoms with Crippen LogP contribution in [0.15, 0.2) is 36.5 Å². The second kappa shape index (κ2) is 10.6. The number of carbonyl (C=O) groups is 1. The fraction of sp³-hybridized carbons (Fsp3) is 0.308. The number of thiophene rings is 1. The highest BCUT2D eigenvalue weighted by Gasteiger charge is 2.23. The molecule has 0 aliphatic heterocycles. The fourth-order valence-electron chi connectivity index (χ4n) is 4.01. The zero-order valence-electron chi connectivity index (χ0n) is 21.3. The first-order valence-electron chi connectivity index (χ1n) is 11.8. The number of aliphatic hydroxyl groups excluding tert-OH is 1. The quantitative estimate of drug-likeness (QED) is 0.240. The molecule has 0 aliphatic carbocycles. The lowest BCUT2D eigenvalue weighted by Crippen LogP contribution is -2.27. The summed E-state index contributed by atoms with van der Waals surface area (Å²) in [7, 11) is 0. The van der Waals surface area contributed by atoms with Crippen molar-refractivity contribution in [3.63, 3.8) is 0 Å². The number of nitrogens with zero attached hydrogens (tertiary/aromatic N) is 4. The molecule has 9 nitrogen and oxygen atoms in total. The number of nitrogens with one attached hydrogen (secondary N) is 1. The summed E-state index contributed by atoms with van der Waals surface area (Å²) in [5.41, 5.74) is 6.46. The first kappa shape index (κ1) is 27.3. The minimum atomic E-state index is -0.998. The van der Waals surface area contributed by atoms with Crippen LogP contribution in [0.25, 0.3) is 21.7 Å². The van der Waals surface area contributed by atoms with Gasteiger partial charge in [0, 0.05) is 16.1 Å². The molecule has 3 heterocycles. The molecular weight excluding hydrogens is 514 g/mol. The van der Waals surface area contributed by atoms with Gasteiger partial charge in [0.1, 0.15) is 22.5 Å². The van der Waals surface area contributed by atoms with Gasteiger partial charge >= 0.3 is 0 Å². The van der Waals surface area contributed by atoms with Gasteiger partial charge in [0.15, 0.2) is 0 Å². The summed E-state index contributed by atoms with van der Waals surface area (Å²) in [6, 6.07) is 6.97. The number of halogens is 2. The number of nitrogens with two attached hydrogens (primary N) is 1. The van der Waals surface area contributed by atoms with E-state index in [-0.39, 0.29) is 33.1 Å². The van der Waals surface area contributed by atoms with Crippen molar-refractivity contribution in [1.29, 1.82) is 0 Å². The Kier molecular flexibility index (Phi) is 7.58. The number of hydrogen-bond donors (Lipinski definition) is 4. The molecule has 0 aliphatic rings. The Hall–Kier alpha value is -3.74. The fourth-order valence-corrected chi connectivity index (χ4v) is 5.13. The van der Waals surface area contributed by atoms with Crippen LogP contribution < -0.4 is 11.1 Å². The van der Waals surface area contributed by atoms with Crippen molar-refractivity contribution < 1.29 is 23.8 Å². The second-order valence-corrected chi connectivity index (χ2v) is 10.6. The summed E-state index contributed by atoms with van der Waals surface area (Å²) in [5, 5.41) is 31.4. The van der Waals surface area contributed by atoms with Crippen LogP contribution in [-0.4, -0.2) is 41.7 Å². The zero-order valence-corrected chi connectivity index (χ0v) is 22.1. The number of pyridine rings is 1. The maximum atomic E-state index is 14.9.